The Morgan fingerprint density at radius 2 is 1.71 bits per heavy atom. The molecule has 0 spiro atoms. The lowest BCUT2D eigenvalue weighted by molar-refractivity contribution is -0.138. The van der Waals surface area contributed by atoms with Crippen molar-refractivity contribution in [3.05, 3.63) is 46.2 Å². The maximum absolute atomic E-state index is 13.9. The number of rotatable bonds is 7. The van der Waals surface area contributed by atoms with Crippen molar-refractivity contribution < 1.29 is 31.9 Å². The minimum absolute atomic E-state index is 0.0907. The fourth-order valence-electron chi connectivity index (χ4n) is 1.80. The summed E-state index contributed by atoms with van der Waals surface area (Å²) in [6, 6.07) is 0. The maximum atomic E-state index is 13.9. The summed E-state index contributed by atoms with van der Waals surface area (Å²) in [5, 5.41) is 2.51. The first-order chi connectivity index (χ1) is 11.3. The van der Waals surface area contributed by atoms with E-state index in [0.29, 0.717) is 0 Å². The van der Waals surface area contributed by atoms with Gasteiger partial charge in [-0.15, -0.1) is 11.6 Å². The second-order valence-corrected chi connectivity index (χ2v) is 4.88. The van der Waals surface area contributed by atoms with Crippen molar-refractivity contribution in [3.63, 3.8) is 0 Å². The van der Waals surface area contributed by atoms with Gasteiger partial charge in [0.1, 0.15) is 5.57 Å². The van der Waals surface area contributed by atoms with Crippen molar-refractivity contribution in [1.29, 1.82) is 0 Å². The molecule has 0 saturated heterocycles. The van der Waals surface area contributed by atoms with Crippen LogP contribution < -0.4 is 5.32 Å². The van der Waals surface area contributed by atoms with E-state index in [1.54, 1.807) is 0 Å². The fourth-order valence-corrected chi connectivity index (χ4v) is 1.91. The number of hydrogen-bond donors (Lipinski definition) is 1. The van der Waals surface area contributed by atoms with Gasteiger partial charge in [-0.2, -0.15) is 0 Å². The van der Waals surface area contributed by atoms with Gasteiger partial charge in [-0.3, -0.25) is 4.79 Å². The van der Waals surface area contributed by atoms with Crippen LogP contribution in [0.5, 0.6) is 0 Å². The molecule has 0 aliphatic heterocycles. The Balaban J connectivity index is 3.44. The van der Waals surface area contributed by atoms with Crippen LogP contribution in [-0.2, 0) is 9.53 Å². The van der Waals surface area contributed by atoms with E-state index in [2.05, 4.69) is 10.1 Å². The Kier molecular flexibility index (Phi) is 7.21. The van der Waals surface area contributed by atoms with E-state index < -0.39 is 51.7 Å². The highest BCUT2D eigenvalue weighted by atomic mass is 35.5. The number of nitrogens with one attached hydrogen (secondary N) is 1. The van der Waals surface area contributed by atoms with Gasteiger partial charge in [0, 0.05) is 24.2 Å². The van der Waals surface area contributed by atoms with Crippen LogP contribution in [0.3, 0.4) is 0 Å². The minimum atomic E-state index is -2.14. The Hall–Kier alpha value is -2.09. The summed E-state index contributed by atoms with van der Waals surface area (Å²) < 4.78 is 58.8. The van der Waals surface area contributed by atoms with Crippen LogP contribution in [0.2, 0.25) is 0 Å². The van der Waals surface area contributed by atoms with E-state index in [9.17, 15) is 27.2 Å². The molecule has 0 radical (unpaired) electrons. The highest BCUT2D eigenvalue weighted by Gasteiger charge is 2.31. The van der Waals surface area contributed by atoms with Crippen molar-refractivity contribution >= 4 is 23.4 Å². The topological polar surface area (TPSA) is 55.4 Å². The minimum Gasteiger partial charge on any atom is -0.462 e. The molecule has 132 valence electrons. The molecule has 24 heavy (non-hydrogen) atoms. The number of carbonyl (C=O) groups is 2. The number of ether oxygens (including phenoxy) is 1. The van der Waals surface area contributed by atoms with Crippen molar-refractivity contribution in [3.8, 4) is 0 Å². The molecular formula is C15H14ClF4NO3. The predicted molar refractivity (Wildman–Crippen MR) is 78.8 cm³/mol. The first kappa shape index (κ1) is 20.0. The van der Waals surface area contributed by atoms with Crippen LogP contribution in [0.1, 0.15) is 22.8 Å². The van der Waals surface area contributed by atoms with Crippen molar-refractivity contribution in [2.75, 3.05) is 19.0 Å². The number of halogens is 5. The summed E-state index contributed by atoms with van der Waals surface area (Å²) in [7, 11) is 0. The average Bonchev–Trinajstić information content (AvgIpc) is 2.55. The number of benzene rings is 1. The SMILES string of the molecule is CCOC(=O)/C(=C\NCCCl)C(=O)c1c(C)c(F)c(F)c(F)c1F. The fraction of sp³-hybridized carbons (Fsp3) is 0.333. The van der Waals surface area contributed by atoms with E-state index in [-0.39, 0.29) is 19.0 Å². The van der Waals surface area contributed by atoms with Gasteiger partial charge in [0.15, 0.2) is 23.3 Å². The second kappa shape index (κ2) is 8.68. The standard InChI is InChI=1S/C15H14ClF4NO3/c1-3-24-15(23)8(6-21-5-4-16)14(22)9-7(2)10(17)12(19)13(20)11(9)18/h6,21H,3-5H2,1-2H3/b8-6-. The Bertz CT molecular complexity index is 663. The highest BCUT2D eigenvalue weighted by Crippen LogP contribution is 2.26. The third-order valence-corrected chi connectivity index (χ3v) is 3.14. The predicted octanol–water partition coefficient (Wildman–Crippen LogP) is 3.01. The van der Waals surface area contributed by atoms with E-state index in [1.807, 2.05) is 0 Å². The molecule has 0 atom stereocenters. The summed E-state index contributed by atoms with van der Waals surface area (Å²) in [4.78, 5) is 24.2. The summed E-state index contributed by atoms with van der Waals surface area (Å²) in [5.74, 6) is -10.1. The van der Waals surface area contributed by atoms with Gasteiger partial charge in [-0.05, 0) is 13.8 Å². The smallest absolute Gasteiger partial charge is 0.343 e. The van der Waals surface area contributed by atoms with Gasteiger partial charge in [-0.25, -0.2) is 22.4 Å². The van der Waals surface area contributed by atoms with E-state index in [1.165, 1.54) is 6.92 Å². The first-order valence-corrected chi connectivity index (χ1v) is 7.35. The molecular weight excluding hydrogens is 354 g/mol. The van der Waals surface area contributed by atoms with Gasteiger partial charge in [0.25, 0.3) is 0 Å². The normalized spacial score (nSPS) is 11.4. The first-order valence-electron chi connectivity index (χ1n) is 6.81. The molecule has 0 bridgehead atoms. The molecule has 0 unspecified atom stereocenters. The van der Waals surface area contributed by atoms with E-state index in [0.717, 1.165) is 13.1 Å². The summed E-state index contributed by atoms with van der Waals surface area (Å²) in [6.07, 6.45) is 0.904. The zero-order chi connectivity index (χ0) is 18.4. The number of alkyl halides is 1. The van der Waals surface area contributed by atoms with Gasteiger partial charge in [0.05, 0.1) is 12.2 Å². The Morgan fingerprint density at radius 1 is 1.12 bits per heavy atom. The lowest BCUT2D eigenvalue weighted by Crippen LogP contribution is -2.23. The molecule has 9 heteroatoms. The van der Waals surface area contributed by atoms with E-state index >= 15 is 0 Å². The lowest BCUT2D eigenvalue weighted by Gasteiger charge is -2.12. The molecule has 0 aliphatic rings. The molecule has 1 aromatic carbocycles. The molecule has 0 amide bonds. The second-order valence-electron chi connectivity index (χ2n) is 4.51. The highest BCUT2D eigenvalue weighted by molar-refractivity contribution is 6.24. The number of esters is 1. The van der Waals surface area contributed by atoms with Crippen LogP contribution in [0.25, 0.3) is 0 Å². The van der Waals surface area contributed by atoms with Crippen molar-refractivity contribution in [1.82, 2.24) is 5.32 Å². The largest absolute Gasteiger partial charge is 0.462 e. The van der Waals surface area contributed by atoms with Gasteiger partial charge in [0.2, 0.25) is 5.78 Å². The third-order valence-electron chi connectivity index (χ3n) is 2.95. The Morgan fingerprint density at radius 3 is 2.25 bits per heavy atom. The maximum Gasteiger partial charge on any atom is 0.343 e. The number of ketones is 1. The van der Waals surface area contributed by atoms with Gasteiger partial charge >= 0.3 is 5.97 Å². The zero-order valence-corrected chi connectivity index (χ0v) is 13.6. The van der Waals surface area contributed by atoms with Crippen LogP contribution in [0.15, 0.2) is 11.8 Å². The molecule has 1 rings (SSSR count). The average molecular weight is 368 g/mol. The molecule has 0 heterocycles. The molecule has 1 N–H and O–H groups in total. The third kappa shape index (κ3) is 4.05. The molecule has 1 aromatic rings. The lowest BCUT2D eigenvalue weighted by atomic mass is 9.97. The molecule has 0 aliphatic carbocycles. The van der Waals surface area contributed by atoms with E-state index in [4.69, 9.17) is 11.6 Å². The molecule has 0 fully saturated rings. The van der Waals surface area contributed by atoms with Gasteiger partial charge < -0.3 is 10.1 Å². The quantitative estimate of drug-likeness (QED) is 0.0769. The van der Waals surface area contributed by atoms with Crippen LogP contribution >= 0.6 is 11.6 Å². The monoisotopic (exact) mass is 367 g/mol. The summed E-state index contributed by atoms with van der Waals surface area (Å²) in [6.45, 7) is 2.43. The number of hydrogen-bond acceptors (Lipinski definition) is 4. The Labute approximate surface area is 140 Å². The zero-order valence-electron chi connectivity index (χ0n) is 12.8. The summed E-state index contributed by atoms with van der Waals surface area (Å²) in [5.41, 5.74) is -2.54. The van der Waals surface area contributed by atoms with Crippen LogP contribution in [0, 0.1) is 30.2 Å². The summed E-state index contributed by atoms with van der Waals surface area (Å²) >= 11 is 5.44. The van der Waals surface area contributed by atoms with Crippen molar-refractivity contribution in [2.45, 2.75) is 13.8 Å². The number of carbonyl (C=O) groups excluding carboxylic acids is 2. The molecule has 0 saturated carbocycles. The van der Waals surface area contributed by atoms with Crippen LogP contribution in [-0.4, -0.2) is 30.8 Å². The molecule has 0 aromatic heterocycles. The van der Waals surface area contributed by atoms with Gasteiger partial charge in [-0.1, -0.05) is 0 Å². The van der Waals surface area contributed by atoms with Crippen LogP contribution in [0.4, 0.5) is 17.6 Å². The van der Waals surface area contributed by atoms with Crippen molar-refractivity contribution in [2.24, 2.45) is 0 Å². The number of Topliss-reactive ketones (excluding diaryl/α,β-unsaturated/α-hetero) is 1. The molecule has 4 nitrogen and oxygen atoms in total.